The molecule has 0 atom stereocenters. The standard InChI is InChI=1S/C21H23ClN2O3/c1-14-13-17(22)7-10-19(14)27-12-2-11-23-20(25)15-5-8-18(9-6-15)24-21(26)16-3-4-16/h5-10,13,16H,2-4,11-12H2,1H3,(H,23,25)(H,24,26). The summed E-state index contributed by atoms with van der Waals surface area (Å²) in [6.45, 7) is 2.97. The summed E-state index contributed by atoms with van der Waals surface area (Å²) < 4.78 is 5.71. The molecule has 0 aliphatic heterocycles. The molecular formula is C21H23ClN2O3. The van der Waals surface area contributed by atoms with E-state index in [0.717, 1.165) is 29.8 Å². The Morgan fingerprint density at radius 2 is 1.89 bits per heavy atom. The van der Waals surface area contributed by atoms with Gasteiger partial charge in [-0.3, -0.25) is 9.59 Å². The van der Waals surface area contributed by atoms with E-state index in [9.17, 15) is 9.59 Å². The second kappa shape index (κ2) is 8.91. The molecule has 0 unspecified atom stereocenters. The van der Waals surface area contributed by atoms with Crippen molar-refractivity contribution in [3.63, 3.8) is 0 Å². The minimum atomic E-state index is -0.141. The van der Waals surface area contributed by atoms with Crippen LogP contribution < -0.4 is 15.4 Å². The van der Waals surface area contributed by atoms with Crippen molar-refractivity contribution in [2.24, 2.45) is 5.92 Å². The number of halogens is 1. The van der Waals surface area contributed by atoms with E-state index in [1.165, 1.54) is 0 Å². The summed E-state index contributed by atoms with van der Waals surface area (Å²) in [5.41, 5.74) is 2.27. The maximum absolute atomic E-state index is 12.2. The Kier molecular flexibility index (Phi) is 6.35. The summed E-state index contributed by atoms with van der Waals surface area (Å²) in [5, 5.41) is 6.41. The molecule has 2 amide bonds. The number of carbonyl (C=O) groups is 2. The molecule has 0 radical (unpaired) electrons. The van der Waals surface area contributed by atoms with E-state index in [4.69, 9.17) is 16.3 Å². The highest BCUT2D eigenvalue weighted by Crippen LogP contribution is 2.30. The summed E-state index contributed by atoms with van der Waals surface area (Å²) in [7, 11) is 0. The Morgan fingerprint density at radius 1 is 1.15 bits per heavy atom. The molecule has 0 bridgehead atoms. The predicted molar refractivity (Wildman–Crippen MR) is 106 cm³/mol. The number of ether oxygens (including phenoxy) is 1. The molecule has 3 rings (SSSR count). The highest BCUT2D eigenvalue weighted by atomic mass is 35.5. The van der Waals surface area contributed by atoms with Crippen molar-refractivity contribution in [1.82, 2.24) is 5.32 Å². The van der Waals surface area contributed by atoms with Crippen LogP contribution in [0.4, 0.5) is 5.69 Å². The summed E-state index contributed by atoms with van der Waals surface area (Å²) in [6, 6.07) is 12.4. The van der Waals surface area contributed by atoms with Gasteiger partial charge in [0.25, 0.3) is 5.91 Å². The quantitative estimate of drug-likeness (QED) is 0.668. The van der Waals surface area contributed by atoms with Gasteiger partial charge in [0.05, 0.1) is 6.61 Å². The number of hydrogen-bond donors (Lipinski definition) is 2. The predicted octanol–water partition coefficient (Wildman–Crippen LogP) is 4.20. The summed E-state index contributed by atoms with van der Waals surface area (Å²) in [5.74, 6) is 0.877. The fourth-order valence-electron chi connectivity index (χ4n) is 2.63. The van der Waals surface area contributed by atoms with Gasteiger partial charge in [0, 0.05) is 28.7 Å². The Balaban J connectivity index is 1.38. The van der Waals surface area contributed by atoms with Crippen LogP contribution in [0.15, 0.2) is 42.5 Å². The minimum absolute atomic E-state index is 0.0584. The molecule has 1 fully saturated rings. The van der Waals surface area contributed by atoms with E-state index < -0.39 is 0 Å². The van der Waals surface area contributed by atoms with Gasteiger partial charge in [-0.25, -0.2) is 0 Å². The number of rotatable bonds is 8. The van der Waals surface area contributed by atoms with Crippen molar-refractivity contribution in [3.8, 4) is 5.75 Å². The average Bonchev–Trinajstić information content (AvgIpc) is 3.49. The number of amides is 2. The summed E-state index contributed by atoms with van der Waals surface area (Å²) in [4.78, 5) is 23.9. The molecule has 0 aromatic heterocycles. The molecule has 1 saturated carbocycles. The second-order valence-electron chi connectivity index (χ2n) is 6.71. The van der Waals surface area contributed by atoms with Gasteiger partial charge >= 0.3 is 0 Å². The lowest BCUT2D eigenvalue weighted by atomic mass is 10.2. The van der Waals surface area contributed by atoms with Gasteiger partial charge in [0.15, 0.2) is 0 Å². The number of benzene rings is 2. The number of carbonyl (C=O) groups excluding carboxylic acids is 2. The zero-order valence-electron chi connectivity index (χ0n) is 15.3. The summed E-state index contributed by atoms with van der Waals surface area (Å²) in [6.07, 6.45) is 2.63. The molecular weight excluding hydrogens is 364 g/mol. The zero-order chi connectivity index (χ0) is 19.2. The molecule has 2 aromatic carbocycles. The third-order valence-electron chi connectivity index (χ3n) is 4.36. The van der Waals surface area contributed by atoms with Gasteiger partial charge in [-0.05, 0) is 74.2 Å². The molecule has 142 valence electrons. The lowest BCUT2D eigenvalue weighted by Crippen LogP contribution is -2.25. The number of nitrogens with one attached hydrogen (secondary N) is 2. The van der Waals surface area contributed by atoms with Crippen LogP contribution in [-0.4, -0.2) is 25.0 Å². The van der Waals surface area contributed by atoms with Crippen LogP contribution >= 0.6 is 11.6 Å². The number of hydrogen-bond acceptors (Lipinski definition) is 3. The third kappa shape index (κ3) is 5.73. The first-order chi connectivity index (χ1) is 13.0. The maximum atomic E-state index is 12.2. The van der Waals surface area contributed by atoms with E-state index in [1.54, 1.807) is 30.3 Å². The SMILES string of the molecule is Cc1cc(Cl)ccc1OCCCNC(=O)c1ccc(NC(=O)C2CC2)cc1. The van der Waals surface area contributed by atoms with Crippen LogP contribution in [0.1, 0.15) is 35.2 Å². The van der Waals surface area contributed by atoms with Crippen molar-refractivity contribution in [3.05, 3.63) is 58.6 Å². The van der Waals surface area contributed by atoms with Crippen molar-refractivity contribution >= 4 is 29.1 Å². The van der Waals surface area contributed by atoms with E-state index in [1.807, 2.05) is 19.1 Å². The van der Waals surface area contributed by atoms with E-state index in [2.05, 4.69) is 10.6 Å². The number of anilines is 1. The highest BCUT2D eigenvalue weighted by molar-refractivity contribution is 6.30. The van der Waals surface area contributed by atoms with E-state index in [-0.39, 0.29) is 17.7 Å². The van der Waals surface area contributed by atoms with Gasteiger partial charge in [-0.2, -0.15) is 0 Å². The largest absolute Gasteiger partial charge is 0.493 e. The van der Waals surface area contributed by atoms with Crippen LogP contribution in [0.2, 0.25) is 5.02 Å². The molecule has 5 nitrogen and oxygen atoms in total. The van der Waals surface area contributed by atoms with Crippen LogP contribution in [0.3, 0.4) is 0 Å². The average molecular weight is 387 g/mol. The van der Waals surface area contributed by atoms with Crippen LogP contribution in [-0.2, 0) is 4.79 Å². The molecule has 0 spiro atoms. The Bertz CT molecular complexity index is 817. The Hall–Kier alpha value is -2.53. The smallest absolute Gasteiger partial charge is 0.251 e. The summed E-state index contributed by atoms with van der Waals surface area (Å²) >= 11 is 5.92. The first kappa shape index (κ1) is 19.2. The topological polar surface area (TPSA) is 67.4 Å². The van der Waals surface area contributed by atoms with Crippen molar-refractivity contribution < 1.29 is 14.3 Å². The van der Waals surface area contributed by atoms with E-state index >= 15 is 0 Å². The molecule has 1 aliphatic carbocycles. The normalized spacial score (nSPS) is 13.1. The zero-order valence-corrected chi connectivity index (χ0v) is 16.0. The lowest BCUT2D eigenvalue weighted by molar-refractivity contribution is -0.117. The Labute approximate surface area is 164 Å². The van der Waals surface area contributed by atoms with Gasteiger partial charge in [0.2, 0.25) is 5.91 Å². The molecule has 1 aliphatic rings. The van der Waals surface area contributed by atoms with Crippen molar-refractivity contribution in [2.75, 3.05) is 18.5 Å². The fourth-order valence-corrected chi connectivity index (χ4v) is 2.85. The highest BCUT2D eigenvalue weighted by Gasteiger charge is 2.29. The number of aryl methyl sites for hydroxylation is 1. The first-order valence-electron chi connectivity index (χ1n) is 9.11. The molecule has 6 heteroatoms. The monoisotopic (exact) mass is 386 g/mol. The van der Waals surface area contributed by atoms with Crippen molar-refractivity contribution in [1.29, 1.82) is 0 Å². The molecule has 0 saturated heterocycles. The molecule has 0 heterocycles. The van der Waals surface area contributed by atoms with Gasteiger partial charge < -0.3 is 15.4 Å². The van der Waals surface area contributed by atoms with Gasteiger partial charge in [0.1, 0.15) is 5.75 Å². The Morgan fingerprint density at radius 3 is 2.56 bits per heavy atom. The third-order valence-corrected chi connectivity index (χ3v) is 4.60. The van der Waals surface area contributed by atoms with Crippen LogP contribution in [0, 0.1) is 12.8 Å². The van der Waals surface area contributed by atoms with Crippen LogP contribution in [0.25, 0.3) is 0 Å². The molecule has 2 aromatic rings. The molecule has 27 heavy (non-hydrogen) atoms. The van der Waals surface area contributed by atoms with Crippen LogP contribution in [0.5, 0.6) is 5.75 Å². The van der Waals surface area contributed by atoms with Gasteiger partial charge in [-0.15, -0.1) is 0 Å². The molecule has 2 N–H and O–H groups in total. The van der Waals surface area contributed by atoms with Crippen molar-refractivity contribution in [2.45, 2.75) is 26.2 Å². The second-order valence-corrected chi connectivity index (χ2v) is 7.15. The first-order valence-corrected chi connectivity index (χ1v) is 9.49. The van der Waals surface area contributed by atoms with Gasteiger partial charge in [-0.1, -0.05) is 11.6 Å². The minimum Gasteiger partial charge on any atom is -0.493 e. The lowest BCUT2D eigenvalue weighted by Gasteiger charge is -2.10. The van der Waals surface area contributed by atoms with E-state index in [0.29, 0.717) is 30.2 Å². The fraction of sp³-hybridized carbons (Fsp3) is 0.333. The maximum Gasteiger partial charge on any atom is 0.251 e.